The third-order valence-electron chi connectivity index (χ3n) is 6.60. The zero-order valence-electron chi connectivity index (χ0n) is 17.0. The molecule has 1 atom stereocenters. The number of aromatic hydroxyl groups is 1. The highest BCUT2D eigenvalue weighted by atomic mass is 19.1. The molecule has 3 heterocycles. The number of nitrogens with one attached hydrogen (secondary N) is 1. The summed E-state index contributed by atoms with van der Waals surface area (Å²) < 4.78 is 42.1. The van der Waals surface area contributed by atoms with Crippen LogP contribution >= 0.6 is 0 Å². The van der Waals surface area contributed by atoms with E-state index in [4.69, 9.17) is 0 Å². The van der Waals surface area contributed by atoms with Gasteiger partial charge in [0.25, 0.3) is 11.8 Å². The number of hydrogen-bond donors (Lipinski definition) is 2. The Bertz CT molecular complexity index is 1220. The first-order valence-electron chi connectivity index (χ1n) is 10.1. The SMILES string of the molecule is CN1C(=O)c2c(O)c(=O)c(C(=O)NCc3c(F)cc(F)cc3F)cn2N2CC3(CC3)C[C@@H]12. The van der Waals surface area contributed by atoms with Gasteiger partial charge >= 0.3 is 0 Å². The zero-order chi connectivity index (χ0) is 22.9. The molecule has 5 rings (SSSR count). The van der Waals surface area contributed by atoms with Crippen LogP contribution in [0.4, 0.5) is 13.2 Å². The lowest BCUT2D eigenvalue weighted by Gasteiger charge is -2.41. The highest BCUT2D eigenvalue weighted by Crippen LogP contribution is 2.55. The largest absolute Gasteiger partial charge is 0.502 e. The smallest absolute Gasteiger partial charge is 0.277 e. The van der Waals surface area contributed by atoms with E-state index in [-0.39, 0.29) is 17.3 Å². The van der Waals surface area contributed by atoms with Gasteiger partial charge in [0, 0.05) is 44.0 Å². The lowest BCUT2D eigenvalue weighted by molar-refractivity contribution is 0.0651. The third-order valence-corrected chi connectivity index (χ3v) is 6.60. The van der Waals surface area contributed by atoms with E-state index in [1.54, 1.807) is 7.05 Å². The number of benzene rings is 1. The molecule has 1 aromatic carbocycles. The van der Waals surface area contributed by atoms with Crippen molar-refractivity contribution in [1.82, 2.24) is 14.9 Å². The van der Waals surface area contributed by atoms with Crippen molar-refractivity contribution in [2.75, 3.05) is 18.6 Å². The predicted molar refractivity (Wildman–Crippen MR) is 105 cm³/mol. The van der Waals surface area contributed by atoms with Crippen LogP contribution in [-0.4, -0.2) is 46.3 Å². The topological polar surface area (TPSA) is 94.9 Å². The fourth-order valence-corrected chi connectivity index (χ4v) is 4.56. The summed E-state index contributed by atoms with van der Waals surface area (Å²) >= 11 is 0. The molecule has 1 spiro atoms. The van der Waals surface area contributed by atoms with E-state index in [9.17, 15) is 32.7 Å². The molecule has 0 bridgehead atoms. The summed E-state index contributed by atoms with van der Waals surface area (Å²) in [6, 6.07) is 0.959. The van der Waals surface area contributed by atoms with Gasteiger partial charge in [-0.3, -0.25) is 24.1 Å². The number of pyridine rings is 1. The molecular formula is C21H19F3N4O4. The summed E-state index contributed by atoms with van der Waals surface area (Å²) in [5.41, 5.74) is -2.30. The third kappa shape index (κ3) is 2.94. The fourth-order valence-electron chi connectivity index (χ4n) is 4.56. The van der Waals surface area contributed by atoms with Crippen molar-refractivity contribution >= 4 is 11.8 Å². The fraction of sp³-hybridized carbons (Fsp3) is 0.381. The molecule has 0 radical (unpaired) electrons. The van der Waals surface area contributed by atoms with Gasteiger partial charge < -0.3 is 15.3 Å². The standard InChI is InChI=1S/C21H19F3N4O4/c1-26-15-6-21(2-3-21)9-28(15)27-8-12(17(29)18(30)16(27)20(26)32)19(31)25-7-11-13(23)4-10(22)5-14(11)24/h4-5,8,15,30H,2-3,6-7,9H2,1H3,(H,25,31)/t15-/m0/s1. The molecule has 1 saturated carbocycles. The zero-order valence-corrected chi connectivity index (χ0v) is 17.0. The molecule has 11 heteroatoms. The first-order chi connectivity index (χ1) is 15.1. The Balaban J connectivity index is 1.49. The van der Waals surface area contributed by atoms with Crippen molar-refractivity contribution in [3.63, 3.8) is 0 Å². The van der Waals surface area contributed by atoms with Crippen molar-refractivity contribution in [3.05, 3.63) is 62.8 Å². The summed E-state index contributed by atoms with van der Waals surface area (Å²) in [7, 11) is 1.60. The molecule has 0 unspecified atom stereocenters. The predicted octanol–water partition coefficient (Wildman–Crippen LogP) is 1.43. The second-order valence-electron chi connectivity index (χ2n) is 8.64. The van der Waals surface area contributed by atoms with Gasteiger partial charge in [-0.2, -0.15) is 0 Å². The van der Waals surface area contributed by atoms with Gasteiger partial charge in [-0.1, -0.05) is 0 Å². The van der Waals surface area contributed by atoms with Gasteiger partial charge in [-0.25, -0.2) is 13.2 Å². The van der Waals surface area contributed by atoms with Gasteiger partial charge in [-0.05, 0) is 24.7 Å². The van der Waals surface area contributed by atoms with Crippen molar-refractivity contribution in [1.29, 1.82) is 0 Å². The first-order valence-corrected chi connectivity index (χ1v) is 10.1. The second-order valence-corrected chi connectivity index (χ2v) is 8.64. The minimum Gasteiger partial charge on any atom is -0.502 e. The van der Waals surface area contributed by atoms with Crippen LogP contribution < -0.4 is 15.8 Å². The number of amides is 2. The average molecular weight is 448 g/mol. The van der Waals surface area contributed by atoms with Crippen LogP contribution in [0.3, 0.4) is 0 Å². The molecule has 2 aliphatic heterocycles. The van der Waals surface area contributed by atoms with E-state index < -0.39 is 58.1 Å². The van der Waals surface area contributed by atoms with Gasteiger partial charge in [0.2, 0.25) is 5.43 Å². The van der Waals surface area contributed by atoms with Crippen LogP contribution in [0.25, 0.3) is 0 Å². The van der Waals surface area contributed by atoms with Crippen molar-refractivity contribution < 1.29 is 27.9 Å². The van der Waals surface area contributed by atoms with E-state index in [2.05, 4.69) is 5.32 Å². The average Bonchev–Trinajstić information content (AvgIpc) is 3.36. The Morgan fingerprint density at radius 3 is 2.50 bits per heavy atom. The molecule has 168 valence electrons. The van der Waals surface area contributed by atoms with Crippen molar-refractivity contribution in [2.45, 2.75) is 32.0 Å². The van der Waals surface area contributed by atoms with Crippen LogP contribution in [0, 0.1) is 22.9 Å². The molecular weight excluding hydrogens is 429 g/mol. The Morgan fingerprint density at radius 1 is 1.22 bits per heavy atom. The quantitative estimate of drug-likeness (QED) is 0.741. The normalized spacial score (nSPS) is 20.4. The van der Waals surface area contributed by atoms with Crippen LogP contribution in [0.1, 0.15) is 45.7 Å². The minimum absolute atomic E-state index is 0.0691. The summed E-state index contributed by atoms with van der Waals surface area (Å²) in [6.07, 6.45) is 3.64. The molecule has 32 heavy (non-hydrogen) atoms. The number of halogens is 3. The monoisotopic (exact) mass is 448 g/mol. The van der Waals surface area contributed by atoms with Crippen molar-refractivity contribution in [3.8, 4) is 5.75 Å². The number of carbonyl (C=O) groups is 2. The Morgan fingerprint density at radius 2 is 1.88 bits per heavy atom. The number of aromatic nitrogens is 1. The van der Waals surface area contributed by atoms with Gasteiger partial charge in [0.1, 0.15) is 29.2 Å². The van der Waals surface area contributed by atoms with E-state index in [0.717, 1.165) is 19.3 Å². The molecule has 1 aromatic heterocycles. The maximum Gasteiger partial charge on any atom is 0.277 e. The molecule has 1 saturated heterocycles. The van der Waals surface area contributed by atoms with Crippen LogP contribution in [0.15, 0.2) is 23.1 Å². The molecule has 3 aliphatic rings. The lowest BCUT2D eigenvalue weighted by Crippen LogP contribution is -2.57. The van der Waals surface area contributed by atoms with Gasteiger partial charge in [-0.15, -0.1) is 0 Å². The van der Waals surface area contributed by atoms with E-state index in [1.165, 1.54) is 15.8 Å². The summed E-state index contributed by atoms with van der Waals surface area (Å²) in [6.45, 7) is -0.0481. The van der Waals surface area contributed by atoms with Gasteiger partial charge in [0.05, 0.1) is 0 Å². The number of fused-ring (bicyclic) bond motifs is 3. The van der Waals surface area contributed by atoms with Crippen molar-refractivity contribution in [2.24, 2.45) is 5.41 Å². The minimum atomic E-state index is -1.18. The highest BCUT2D eigenvalue weighted by Gasteiger charge is 2.56. The Hall–Kier alpha value is -3.50. The molecule has 2 fully saturated rings. The van der Waals surface area contributed by atoms with Gasteiger partial charge in [0.15, 0.2) is 11.4 Å². The highest BCUT2D eigenvalue weighted by molar-refractivity contribution is 5.99. The maximum absolute atomic E-state index is 13.9. The van der Waals surface area contributed by atoms with E-state index in [0.29, 0.717) is 18.7 Å². The maximum atomic E-state index is 13.9. The number of nitrogens with zero attached hydrogens (tertiary/aromatic N) is 3. The number of rotatable bonds is 3. The second kappa shape index (κ2) is 6.75. The summed E-state index contributed by atoms with van der Waals surface area (Å²) in [5.74, 6) is -5.87. The van der Waals surface area contributed by atoms with E-state index >= 15 is 0 Å². The summed E-state index contributed by atoms with van der Waals surface area (Å²) in [4.78, 5) is 39.6. The van der Waals surface area contributed by atoms with Crippen LogP contribution in [0.5, 0.6) is 5.75 Å². The van der Waals surface area contributed by atoms with Crippen LogP contribution in [-0.2, 0) is 6.54 Å². The summed E-state index contributed by atoms with van der Waals surface area (Å²) in [5, 5.41) is 14.5. The molecule has 1 aliphatic carbocycles. The number of hydrogen-bond acceptors (Lipinski definition) is 5. The number of carbonyl (C=O) groups excluding carboxylic acids is 2. The Labute approximate surface area is 179 Å². The van der Waals surface area contributed by atoms with Crippen LogP contribution in [0.2, 0.25) is 0 Å². The lowest BCUT2D eigenvalue weighted by atomic mass is 10.1. The van der Waals surface area contributed by atoms with E-state index in [1.807, 2.05) is 5.01 Å². The first kappa shape index (κ1) is 20.4. The molecule has 2 aromatic rings. The molecule has 2 N–H and O–H groups in total. The molecule has 2 amide bonds. The molecule has 8 nitrogen and oxygen atoms in total. The Kier molecular flexibility index (Phi) is 4.30.